The van der Waals surface area contributed by atoms with Crippen LogP contribution in [0.2, 0.25) is 0 Å². The highest BCUT2D eigenvalue weighted by molar-refractivity contribution is 5.78. The molecule has 122 valence electrons. The minimum absolute atomic E-state index is 0.0675. The third-order valence-electron chi connectivity index (χ3n) is 4.25. The molecule has 0 radical (unpaired) electrons. The molecule has 0 bridgehead atoms. The van der Waals surface area contributed by atoms with E-state index in [1.807, 2.05) is 0 Å². The van der Waals surface area contributed by atoms with Crippen molar-refractivity contribution >= 4 is 11.8 Å². The number of hydrogen-bond acceptors (Lipinski definition) is 2. The first kappa shape index (κ1) is 18.0. The molecule has 1 fully saturated rings. The van der Waals surface area contributed by atoms with Gasteiger partial charge in [-0.3, -0.25) is 9.59 Å². The molecule has 0 unspecified atom stereocenters. The SMILES string of the molecule is CC(=O)N(CCC(=O)NC1CCCCCC1)CCC(C)C. The first-order chi connectivity index (χ1) is 9.99. The second-order valence-electron chi connectivity index (χ2n) is 6.69. The molecule has 1 saturated carbocycles. The molecule has 2 amide bonds. The Labute approximate surface area is 129 Å². The van der Waals surface area contributed by atoms with E-state index in [1.165, 1.54) is 25.7 Å². The number of rotatable bonds is 7. The van der Waals surface area contributed by atoms with E-state index in [4.69, 9.17) is 0 Å². The van der Waals surface area contributed by atoms with Crippen LogP contribution in [0.25, 0.3) is 0 Å². The summed E-state index contributed by atoms with van der Waals surface area (Å²) in [4.78, 5) is 25.4. The average molecular weight is 296 g/mol. The fourth-order valence-corrected chi connectivity index (χ4v) is 2.80. The predicted molar refractivity (Wildman–Crippen MR) is 86.0 cm³/mol. The summed E-state index contributed by atoms with van der Waals surface area (Å²) in [6.07, 6.45) is 8.65. The highest BCUT2D eigenvalue weighted by atomic mass is 16.2. The van der Waals surface area contributed by atoms with Crippen molar-refractivity contribution in [1.29, 1.82) is 0 Å². The molecule has 4 nitrogen and oxygen atoms in total. The van der Waals surface area contributed by atoms with Crippen LogP contribution in [0.1, 0.15) is 72.1 Å². The van der Waals surface area contributed by atoms with Crippen molar-refractivity contribution in [2.24, 2.45) is 5.92 Å². The van der Waals surface area contributed by atoms with Crippen molar-refractivity contribution in [3.05, 3.63) is 0 Å². The van der Waals surface area contributed by atoms with Crippen LogP contribution in [0.5, 0.6) is 0 Å². The summed E-state index contributed by atoms with van der Waals surface area (Å²) in [5, 5.41) is 3.14. The summed E-state index contributed by atoms with van der Waals surface area (Å²) in [7, 11) is 0. The number of hydrogen-bond donors (Lipinski definition) is 1. The van der Waals surface area contributed by atoms with Crippen LogP contribution < -0.4 is 5.32 Å². The molecule has 0 spiro atoms. The molecule has 0 aromatic carbocycles. The van der Waals surface area contributed by atoms with Gasteiger partial charge in [0.1, 0.15) is 0 Å². The van der Waals surface area contributed by atoms with Crippen molar-refractivity contribution in [1.82, 2.24) is 10.2 Å². The molecular formula is C17H32N2O2. The molecule has 1 aliphatic carbocycles. The molecule has 0 aromatic rings. The van der Waals surface area contributed by atoms with E-state index in [1.54, 1.807) is 11.8 Å². The van der Waals surface area contributed by atoms with E-state index >= 15 is 0 Å². The van der Waals surface area contributed by atoms with Gasteiger partial charge in [-0.1, -0.05) is 39.5 Å². The van der Waals surface area contributed by atoms with Crippen LogP contribution >= 0.6 is 0 Å². The van der Waals surface area contributed by atoms with Crippen molar-refractivity contribution < 1.29 is 9.59 Å². The fraction of sp³-hybridized carbons (Fsp3) is 0.882. The molecule has 4 heteroatoms. The maximum atomic E-state index is 12.0. The van der Waals surface area contributed by atoms with Gasteiger partial charge in [0.25, 0.3) is 0 Å². The Bertz CT molecular complexity index is 321. The first-order valence-electron chi connectivity index (χ1n) is 8.54. The smallest absolute Gasteiger partial charge is 0.221 e. The van der Waals surface area contributed by atoms with E-state index in [0.29, 0.717) is 24.9 Å². The molecular weight excluding hydrogens is 264 g/mol. The van der Waals surface area contributed by atoms with E-state index in [2.05, 4.69) is 19.2 Å². The molecule has 1 rings (SSSR count). The van der Waals surface area contributed by atoms with Crippen molar-refractivity contribution in [2.45, 2.75) is 78.2 Å². The van der Waals surface area contributed by atoms with E-state index in [-0.39, 0.29) is 11.8 Å². The van der Waals surface area contributed by atoms with Gasteiger partial charge in [0.15, 0.2) is 0 Å². The monoisotopic (exact) mass is 296 g/mol. The molecule has 0 aromatic heterocycles. The van der Waals surface area contributed by atoms with Gasteiger partial charge in [-0.15, -0.1) is 0 Å². The lowest BCUT2D eigenvalue weighted by Gasteiger charge is -2.23. The van der Waals surface area contributed by atoms with Crippen LogP contribution in [0.4, 0.5) is 0 Å². The minimum Gasteiger partial charge on any atom is -0.353 e. The minimum atomic E-state index is 0.0675. The lowest BCUT2D eigenvalue weighted by molar-refractivity contribution is -0.130. The number of nitrogens with one attached hydrogen (secondary N) is 1. The average Bonchev–Trinajstić information content (AvgIpc) is 2.66. The summed E-state index contributed by atoms with van der Waals surface area (Å²) in [5.74, 6) is 0.738. The number of amides is 2. The highest BCUT2D eigenvalue weighted by Crippen LogP contribution is 2.17. The van der Waals surface area contributed by atoms with Crippen LogP contribution in [0.15, 0.2) is 0 Å². The number of carbonyl (C=O) groups excluding carboxylic acids is 2. The maximum absolute atomic E-state index is 12.0. The third-order valence-corrected chi connectivity index (χ3v) is 4.25. The summed E-state index contributed by atoms with van der Waals surface area (Å²) < 4.78 is 0. The Kier molecular flexibility index (Phi) is 8.40. The summed E-state index contributed by atoms with van der Waals surface area (Å²) in [6.45, 7) is 7.18. The molecule has 21 heavy (non-hydrogen) atoms. The molecule has 1 N–H and O–H groups in total. The van der Waals surface area contributed by atoms with Crippen molar-refractivity contribution in [2.75, 3.05) is 13.1 Å². The van der Waals surface area contributed by atoms with Gasteiger partial charge in [0.2, 0.25) is 11.8 Å². The Morgan fingerprint density at radius 3 is 2.24 bits per heavy atom. The predicted octanol–water partition coefficient (Wildman–Crippen LogP) is 3.11. The molecule has 0 heterocycles. The van der Waals surface area contributed by atoms with Crippen molar-refractivity contribution in [3.8, 4) is 0 Å². The van der Waals surface area contributed by atoms with Gasteiger partial charge in [0.05, 0.1) is 0 Å². The van der Waals surface area contributed by atoms with E-state index in [0.717, 1.165) is 25.8 Å². The van der Waals surface area contributed by atoms with Gasteiger partial charge >= 0.3 is 0 Å². The fourth-order valence-electron chi connectivity index (χ4n) is 2.80. The molecule has 0 aliphatic heterocycles. The standard InChI is InChI=1S/C17H32N2O2/c1-14(2)10-12-19(15(3)20)13-11-17(21)18-16-8-6-4-5-7-9-16/h14,16H,4-13H2,1-3H3,(H,18,21). The Balaban J connectivity index is 2.29. The Hall–Kier alpha value is -1.06. The lowest BCUT2D eigenvalue weighted by Crippen LogP contribution is -2.38. The van der Waals surface area contributed by atoms with E-state index in [9.17, 15) is 9.59 Å². The van der Waals surface area contributed by atoms with Gasteiger partial charge in [-0.2, -0.15) is 0 Å². The second kappa shape index (κ2) is 9.80. The largest absolute Gasteiger partial charge is 0.353 e. The quantitative estimate of drug-likeness (QED) is 0.734. The molecule has 1 aliphatic rings. The van der Waals surface area contributed by atoms with Crippen LogP contribution in [-0.4, -0.2) is 35.8 Å². The van der Waals surface area contributed by atoms with Gasteiger partial charge in [-0.25, -0.2) is 0 Å². The molecule has 0 atom stereocenters. The topological polar surface area (TPSA) is 49.4 Å². The Morgan fingerprint density at radius 1 is 1.10 bits per heavy atom. The number of nitrogens with zero attached hydrogens (tertiary/aromatic N) is 1. The van der Waals surface area contributed by atoms with Crippen LogP contribution in [0.3, 0.4) is 0 Å². The summed E-state index contributed by atoms with van der Waals surface area (Å²) in [5.41, 5.74) is 0. The van der Waals surface area contributed by atoms with Gasteiger partial charge in [-0.05, 0) is 25.2 Å². The van der Waals surface area contributed by atoms with Crippen LogP contribution in [-0.2, 0) is 9.59 Å². The lowest BCUT2D eigenvalue weighted by atomic mass is 10.1. The number of carbonyl (C=O) groups is 2. The zero-order valence-electron chi connectivity index (χ0n) is 14.0. The van der Waals surface area contributed by atoms with Gasteiger partial charge < -0.3 is 10.2 Å². The van der Waals surface area contributed by atoms with Gasteiger partial charge in [0, 0.05) is 32.5 Å². The molecule has 0 saturated heterocycles. The summed E-state index contributed by atoms with van der Waals surface area (Å²) >= 11 is 0. The zero-order valence-corrected chi connectivity index (χ0v) is 14.0. The normalized spacial score (nSPS) is 16.6. The van der Waals surface area contributed by atoms with Crippen LogP contribution in [0, 0.1) is 5.92 Å². The highest BCUT2D eigenvalue weighted by Gasteiger charge is 2.16. The summed E-state index contributed by atoms with van der Waals surface area (Å²) in [6, 6.07) is 0.349. The van der Waals surface area contributed by atoms with E-state index < -0.39 is 0 Å². The third kappa shape index (κ3) is 8.08. The first-order valence-corrected chi connectivity index (χ1v) is 8.54. The maximum Gasteiger partial charge on any atom is 0.221 e. The Morgan fingerprint density at radius 2 is 1.71 bits per heavy atom. The second-order valence-corrected chi connectivity index (χ2v) is 6.69. The zero-order chi connectivity index (χ0) is 15.7. The van der Waals surface area contributed by atoms with Crippen molar-refractivity contribution in [3.63, 3.8) is 0 Å².